The molecule has 0 fully saturated rings. The van der Waals surface area contributed by atoms with Gasteiger partial charge < -0.3 is 14.9 Å². The van der Waals surface area contributed by atoms with Gasteiger partial charge in [0.05, 0.1) is 5.56 Å². The minimum Gasteiger partial charge on any atom is -0.478 e. The van der Waals surface area contributed by atoms with Gasteiger partial charge in [-0.2, -0.15) is 8.78 Å². The van der Waals surface area contributed by atoms with Crippen LogP contribution in [0.3, 0.4) is 0 Å². The van der Waals surface area contributed by atoms with Crippen LogP contribution in [0.1, 0.15) is 27.9 Å². The minimum atomic E-state index is -5.61. The van der Waals surface area contributed by atoms with Crippen molar-refractivity contribution >= 4 is 41.3 Å². The zero-order valence-corrected chi connectivity index (χ0v) is 17.1. The fourth-order valence-electron chi connectivity index (χ4n) is 2.30. The van der Waals surface area contributed by atoms with Crippen LogP contribution in [0.5, 0.6) is 0 Å². The molecule has 0 unspecified atom stereocenters. The van der Waals surface area contributed by atoms with Crippen LogP contribution in [0.2, 0.25) is 0 Å². The van der Waals surface area contributed by atoms with Gasteiger partial charge in [-0.25, -0.2) is 4.79 Å². The second-order valence-corrected chi connectivity index (χ2v) is 9.36. The van der Waals surface area contributed by atoms with Crippen LogP contribution in [-0.2, 0) is 16.6 Å². The van der Waals surface area contributed by atoms with Gasteiger partial charge in [-0.3, -0.25) is 4.57 Å². The Labute approximate surface area is 167 Å². The molecule has 0 atom stereocenters. The van der Waals surface area contributed by atoms with Crippen molar-refractivity contribution in [1.82, 2.24) is 0 Å². The van der Waals surface area contributed by atoms with E-state index in [-0.39, 0.29) is 10.0 Å². The second-order valence-electron chi connectivity index (χ2n) is 5.68. The standard InChI is InChI=1S/C17H16BrF2O5PS/c18-15-9-11(6-7-14(15)17(19,20)26(23,24)25)3-2-8-27-13-5-1-4-12(10-13)16(21)22/h1,4-7,9-10H,2-3,8H2,(H,21,22)(H2,23,24,25). The summed E-state index contributed by atoms with van der Waals surface area (Å²) >= 11 is 4.45. The lowest BCUT2D eigenvalue weighted by molar-refractivity contribution is 0.0557. The Balaban J connectivity index is 1.96. The smallest absolute Gasteiger partial charge is 0.399 e. The SMILES string of the molecule is O=C(O)c1cccc(SCCCc2ccc(C(F)(F)P(=O)(O)O)c(Br)c2)c1. The fraction of sp³-hybridized carbons (Fsp3) is 0.235. The first-order valence-electron chi connectivity index (χ1n) is 7.71. The molecule has 0 radical (unpaired) electrons. The molecular formula is C17H16BrF2O5PS. The number of hydrogen-bond donors (Lipinski definition) is 3. The van der Waals surface area contributed by atoms with Crippen molar-refractivity contribution in [2.45, 2.75) is 23.4 Å². The number of alkyl halides is 2. The number of halogens is 3. The van der Waals surface area contributed by atoms with E-state index in [0.717, 1.165) is 16.5 Å². The highest BCUT2D eigenvalue weighted by molar-refractivity contribution is 9.10. The second kappa shape index (κ2) is 8.84. The number of aromatic carboxylic acids is 1. The maximum absolute atomic E-state index is 13.8. The number of hydrogen-bond acceptors (Lipinski definition) is 3. The number of carboxylic acids is 1. The maximum atomic E-state index is 13.8. The fourth-order valence-corrected chi connectivity index (χ4v) is 4.55. The van der Waals surface area contributed by atoms with Crippen molar-refractivity contribution in [1.29, 1.82) is 0 Å². The van der Waals surface area contributed by atoms with Crippen molar-refractivity contribution in [3.8, 4) is 0 Å². The molecule has 0 amide bonds. The van der Waals surface area contributed by atoms with E-state index < -0.39 is 24.8 Å². The van der Waals surface area contributed by atoms with E-state index in [1.807, 2.05) is 6.07 Å². The summed E-state index contributed by atoms with van der Waals surface area (Å²) in [4.78, 5) is 29.4. The van der Waals surface area contributed by atoms with Crippen LogP contribution < -0.4 is 0 Å². The van der Waals surface area contributed by atoms with Crippen LogP contribution in [0, 0.1) is 0 Å². The highest BCUT2D eigenvalue weighted by Gasteiger charge is 2.51. The first-order chi connectivity index (χ1) is 12.5. The highest BCUT2D eigenvalue weighted by atomic mass is 79.9. The molecular weight excluding hydrogens is 465 g/mol. The zero-order valence-electron chi connectivity index (χ0n) is 13.8. The van der Waals surface area contributed by atoms with E-state index in [9.17, 15) is 18.1 Å². The quantitative estimate of drug-likeness (QED) is 0.276. The van der Waals surface area contributed by atoms with Gasteiger partial charge in [0, 0.05) is 14.9 Å². The molecule has 27 heavy (non-hydrogen) atoms. The van der Waals surface area contributed by atoms with Gasteiger partial charge >= 0.3 is 19.2 Å². The molecule has 3 N–H and O–H groups in total. The molecule has 0 heterocycles. The molecule has 0 saturated heterocycles. The van der Waals surface area contributed by atoms with Crippen molar-refractivity contribution < 1.29 is 33.0 Å². The third-order valence-electron chi connectivity index (χ3n) is 3.68. The van der Waals surface area contributed by atoms with E-state index in [1.165, 1.54) is 30.0 Å². The van der Waals surface area contributed by atoms with E-state index in [4.69, 9.17) is 14.9 Å². The number of benzene rings is 2. The Morgan fingerprint density at radius 1 is 1.19 bits per heavy atom. The van der Waals surface area contributed by atoms with Gasteiger partial charge in [-0.15, -0.1) is 11.8 Å². The first-order valence-corrected chi connectivity index (χ1v) is 11.1. The predicted molar refractivity (Wildman–Crippen MR) is 103 cm³/mol. The van der Waals surface area contributed by atoms with Crippen LogP contribution in [0.15, 0.2) is 51.8 Å². The Morgan fingerprint density at radius 3 is 2.48 bits per heavy atom. The Hall–Kier alpha value is -1.25. The topological polar surface area (TPSA) is 94.8 Å². The molecule has 0 aliphatic rings. The summed E-state index contributed by atoms with van der Waals surface area (Å²) in [6, 6.07) is 10.4. The van der Waals surface area contributed by atoms with E-state index >= 15 is 0 Å². The third kappa shape index (κ3) is 5.62. The molecule has 2 rings (SSSR count). The largest absolute Gasteiger partial charge is 0.478 e. The summed E-state index contributed by atoms with van der Waals surface area (Å²) in [6.45, 7) is 0. The summed E-state index contributed by atoms with van der Waals surface area (Å²) in [7, 11) is -5.61. The first kappa shape index (κ1) is 22.0. The normalized spacial score (nSPS) is 12.2. The van der Waals surface area contributed by atoms with E-state index in [2.05, 4.69) is 15.9 Å². The summed E-state index contributed by atoms with van der Waals surface area (Å²) in [6.07, 6.45) is 1.29. The van der Waals surface area contributed by atoms with E-state index in [0.29, 0.717) is 18.6 Å². The predicted octanol–water partition coefficient (Wildman–Crippen LogP) is 5.10. The minimum absolute atomic E-state index is 0.0601. The number of aryl methyl sites for hydroxylation is 1. The van der Waals surface area contributed by atoms with Crippen LogP contribution >= 0.6 is 35.3 Å². The van der Waals surface area contributed by atoms with Crippen LogP contribution in [0.25, 0.3) is 0 Å². The zero-order chi connectivity index (χ0) is 20.2. The van der Waals surface area contributed by atoms with Crippen molar-refractivity contribution in [2.75, 3.05) is 5.75 Å². The van der Waals surface area contributed by atoms with Crippen LogP contribution in [-0.4, -0.2) is 26.6 Å². The van der Waals surface area contributed by atoms with Crippen molar-refractivity contribution in [2.24, 2.45) is 0 Å². The maximum Gasteiger partial charge on any atom is 0.399 e. The molecule has 10 heteroatoms. The Bertz CT molecular complexity index is 887. The summed E-state index contributed by atoms with van der Waals surface area (Å²) in [5, 5.41) is 8.97. The Morgan fingerprint density at radius 2 is 1.89 bits per heavy atom. The van der Waals surface area contributed by atoms with Crippen molar-refractivity contribution in [3.05, 3.63) is 63.6 Å². The lowest BCUT2D eigenvalue weighted by atomic mass is 10.1. The number of carbonyl (C=O) groups is 1. The number of carboxylic acid groups (broad SMARTS) is 1. The molecule has 0 saturated carbocycles. The van der Waals surface area contributed by atoms with Gasteiger partial charge in [0.15, 0.2) is 0 Å². The number of rotatable bonds is 8. The summed E-state index contributed by atoms with van der Waals surface area (Å²) in [5.41, 5.74) is -4.05. The Kier molecular flexibility index (Phi) is 7.21. The molecule has 2 aromatic rings. The lowest BCUT2D eigenvalue weighted by Crippen LogP contribution is -2.14. The molecule has 0 aliphatic heterocycles. The van der Waals surface area contributed by atoms with Crippen LogP contribution in [0.4, 0.5) is 8.78 Å². The average molecular weight is 481 g/mol. The summed E-state index contributed by atoms with van der Waals surface area (Å²) < 4.78 is 38.5. The van der Waals surface area contributed by atoms with Gasteiger partial charge in [0.2, 0.25) is 0 Å². The molecule has 0 aliphatic carbocycles. The van der Waals surface area contributed by atoms with Gasteiger partial charge in [0.25, 0.3) is 0 Å². The molecule has 0 aromatic heterocycles. The molecule has 0 spiro atoms. The average Bonchev–Trinajstić information content (AvgIpc) is 2.58. The molecule has 146 valence electrons. The van der Waals surface area contributed by atoms with Gasteiger partial charge in [0.1, 0.15) is 0 Å². The number of thioether (sulfide) groups is 1. The molecule has 2 aromatic carbocycles. The highest BCUT2D eigenvalue weighted by Crippen LogP contribution is 2.60. The summed E-state index contributed by atoms with van der Waals surface area (Å²) in [5.74, 6) is -0.296. The lowest BCUT2D eigenvalue weighted by Gasteiger charge is -2.19. The molecule has 0 bridgehead atoms. The van der Waals surface area contributed by atoms with Gasteiger partial charge in [-0.05, 0) is 48.4 Å². The monoisotopic (exact) mass is 480 g/mol. The molecule has 5 nitrogen and oxygen atoms in total. The van der Waals surface area contributed by atoms with Crippen molar-refractivity contribution in [3.63, 3.8) is 0 Å². The van der Waals surface area contributed by atoms with Gasteiger partial charge in [-0.1, -0.05) is 34.1 Å². The van der Waals surface area contributed by atoms with E-state index in [1.54, 1.807) is 12.1 Å². The third-order valence-corrected chi connectivity index (χ3v) is 6.39.